The highest BCUT2D eigenvalue weighted by Crippen LogP contribution is 2.27. The minimum absolute atomic E-state index is 0.0470. The van der Waals surface area contributed by atoms with Gasteiger partial charge in [-0.2, -0.15) is 4.73 Å². The van der Waals surface area contributed by atoms with E-state index < -0.39 is 17.4 Å². The number of rotatable bonds is 2. The van der Waals surface area contributed by atoms with Gasteiger partial charge in [0.05, 0.1) is 13.4 Å². The minimum Gasteiger partial charge on any atom is -0.464 e. The molecule has 0 unspecified atom stereocenters. The highest BCUT2D eigenvalue weighted by atomic mass is 16.5. The standard InChI is InChI=1S/C13H16N2O5/c1-13(2,3)14-11(16)8-9(12(17)19-4)15(18)7-5-6-20-10(7)8/h5-6,18H,1-4H3,(H,14,16). The molecule has 0 saturated heterocycles. The third-order valence-electron chi connectivity index (χ3n) is 2.64. The van der Waals surface area contributed by atoms with E-state index >= 15 is 0 Å². The van der Waals surface area contributed by atoms with Crippen molar-refractivity contribution < 1.29 is 24.0 Å². The van der Waals surface area contributed by atoms with Crippen LogP contribution in [0.5, 0.6) is 0 Å². The molecule has 0 bridgehead atoms. The molecule has 20 heavy (non-hydrogen) atoms. The summed E-state index contributed by atoms with van der Waals surface area (Å²) in [5.74, 6) is -1.34. The Balaban J connectivity index is 2.63. The summed E-state index contributed by atoms with van der Waals surface area (Å²) < 4.78 is 10.4. The van der Waals surface area contributed by atoms with E-state index in [1.54, 1.807) is 20.8 Å². The van der Waals surface area contributed by atoms with Crippen molar-refractivity contribution in [3.8, 4) is 0 Å². The van der Waals surface area contributed by atoms with Gasteiger partial charge in [0.1, 0.15) is 11.1 Å². The van der Waals surface area contributed by atoms with Gasteiger partial charge in [0, 0.05) is 11.6 Å². The Morgan fingerprint density at radius 2 is 2.05 bits per heavy atom. The summed E-state index contributed by atoms with van der Waals surface area (Å²) in [5.41, 5.74) is -0.446. The average molecular weight is 280 g/mol. The van der Waals surface area contributed by atoms with Crippen molar-refractivity contribution >= 4 is 23.0 Å². The molecule has 2 N–H and O–H groups in total. The van der Waals surface area contributed by atoms with E-state index in [9.17, 15) is 14.8 Å². The maximum Gasteiger partial charge on any atom is 0.359 e. The Hall–Kier alpha value is -2.44. The molecule has 2 aromatic rings. The number of nitrogens with one attached hydrogen (secondary N) is 1. The van der Waals surface area contributed by atoms with E-state index in [1.165, 1.54) is 19.4 Å². The number of fused-ring (bicyclic) bond motifs is 1. The molecule has 2 aromatic heterocycles. The molecule has 7 heteroatoms. The molecule has 2 rings (SSSR count). The van der Waals surface area contributed by atoms with Crippen molar-refractivity contribution in [3.63, 3.8) is 0 Å². The van der Waals surface area contributed by atoms with Crippen LogP contribution in [0.3, 0.4) is 0 Å². The Morgan fingerprint density at radius 1 is 1.40 bits per heavy atom. The predicted molar refractivity (Wildman–Crippen MR) is 69.9 cm³/mol. The molecule has 7 nitrogen and oxygen atoms in total. The highest BCUT2D eigenvalue weighted by Gasteiger charge is 2.31. The third-order valence-corrected chi connectivity index (χ3v) is 2.64. The number of hydrogen-bond acceptors (Lipinski definition) is 5. The second kappa shape index (κ2) is 4.59. The summed E-state index contributed by atoms with van der Waals surface area (Å²) in [7, 11) is 1.17. The van der Waals surface area contributed by atoms with Crippen molar-refractivity contribution in [1.29, 1.82) is 0 Å². The van der Waals surface area contributed by atoms with Crippen LogP contribution in [-0.4, -0.2) is 34.5 Å². The molecule has 0 spiro atoms. The molecule has 0 aliphatic carbocycles. The first-order chi connectivity index (χ1) is 9.26. The zero-order valence-corrected chi connectivity index (χ0v) is 11.7. The van der Waals surface area contributed by atoms with Crippen molar-refractivity contribution in [2.45, 2.75) is 26.3 Å². The van der Waals surface area contributed by atoms with Crippen LogP contribution in [0.4, 0.5) is 0 Å². The van der Waals surface area contributed by atoms with Crippen LogP contribution < -0.4 is 5.32 Å². The Kier molecular flexibility index (Phi) is 3.21. The fraction of sp³-hybridized carbons (Fsp3) is 0.385. The smallest absolute Gasteiger partial charge is 0.359 e. The van der Waals surface area contributed by atoms with Crippen LogP contribution in [0.25, 0.3) is 11.1 Å². The topological polar surface area (TPSA) is 93.7 Å². The lowest BCUT2D eigenvalue weighted by atomic mass is 10.1. The molecule has 0 fully saturated rings. The Bertz CT molecular complexity index is 675. The van der Waals surface area contributed by atoms with Crippen molar-refractivity contribution in [2.75, 3.05) is 7.11 Å². The van der Waals surface area contributed by atoms with Gasteiger partial charge in [0.15, 0.2) is 11.3 Å². The summed E-state index contributed by atoms with van der Waals surface area (Å²) in [6, 6.07) is 1.45. The summed E-state index contributed by atoms with van der Waals surface area (Å²) in [6.07, 6.45) is 1.33. The quantitative estimate of drug-likeness (QED) is 0.646. The number of esters is 1. The first-order valence-electron chi connectivity index (χ1n) is 5.98. The highest BCUT2D eigenvalue weighted by molar-refractivity contribution is 6.13. The molecule has 0 aromatic carbocycles. The molecule has 0 saturated carbocycles. The largest absolute Gasteiger partial charge is 0.464 e. The van der Waals surface area contributed by atoms with Crippen LogP contribution in [0, 0.1) is 0 Å². The van der Waals surface area contributed by atoms with E-state index in [-0.39, 0.29) is 22.4 Å². The minimum atomic E-state index is -0.821. The maximum atomic E-state index is 12.3. The van der Waals surface area contributed by atoms with Crippen molar-refractivity contribution in [3.05, 3.63) is 23.6 Å². The molecular formula is C13H16N2O5. The van der Waals surface area contributed by atoms with Gasteiger partial charge < -0.3 is 19.7 Å². The predicted octanol–water partition coefficient (Wildman–Crippen LogP) is 1.79. The number of aromatic nitrogens is 1. The fourth-order valence-corrected chi connectivity index (χ4v) is 1.89. The lowest BCUT2D eigenvalue weighted by molar-refractivity contribution is 0.0547. The number of amides is 1. The van der Waals surface area contributed by atoms with E-state index in [2.05, 4.69) is 10.1 Å². The molecule has 0 atom stereocenters. The summed E-state index contributed by atoms with van der Waals surface area (Å²) >= 11 is 0. The van der Waals surface area contributed by atoms with Gasteiger partial charge in [-0.25, -0.2) is 4.79 Å². The number of carbonyl (C=O) groups is 2. The van der Waals surface area contributed by atoms with Gasteiger partial charge >= 0.3 is 5.97 Å². The zero-order chi connectivity index (χ0) is 15.1. The number of methoxy groups -OCH3 is 1. The van der Waals surface area contributed by atoms with Crippen LogP contribution in [0.2, 0.25) is 0 Å². The van der Waals surface area contributed by atoms with Gasteiger partial charge in [-0.15, -0.1) is 0 Å². The van der Waals surface area contributed by atoms with Crippen LogP contribution in [-0.2, 0) is 4.74 Å². The summed E-state index contributed by atoms with van der Waals surface area (Å²) in [4.78, 5) is 24.1. The van der Waals surface area contributed by atoms with Gasteiger partial charge in [-0.3, -0.25) is 4.79 Å². The number of carbonyl (C=O) groups excluding carboxylic acids is 2. The van der Waals surface area contributed by atoms with Gasteiger partial charge in [-0.1, -0.05) is 0 Å². The summed E-state index contributed by atoms with van der Waals surface area (Å²) in [6.45, 7) is 5.41. The van der Waals surface area contributed by atoms with Crippen molar-refractivity contribution in [2.24, 2.45) is 0 Å². The van der Waals surface area contributed by atoms with E-state index in [1.807, 2.05) is 0 Å². The van der Waals surface area contributed by atoms with Crippen LogP contribution in [0.15, 0.2) is 16.7 Å². The van der Waals surface area contributed by atoms with Gasteiger partial charge in [-0.05, 0) is 20.8 Å². The van der Waals surface area contributed by atoms with Gasteiger partial charge in [0.25, 0.3) is 5.91 Å². The van der Waals surface area contributed by atoms with Crippen LogP contribution >= 0.6 is 0 Å². The second-order valence-electron chi connectivity index (χ2n) is 5.37. The maximum absolute atomic E-state index is 12.3. The molecular weight excluding hydrogens is 264 g/mol. The lowest BCUT2D eigenvalue weighted by Gasteiger charge is -2.20. The fourth-order valence-electron chi connectivity index (χ4n) is 1.89. The summed E-state index contributed by atoms with van der Waals surface area (Å²) in [5, 5.41) is 12.7. The first kappa shape index (κ1) is 14.0. The Labute approximate surface area is 115 Å². The molecule has 0 aliphatic heterocycles. The van der Waals surface area contributed by atoms with Crippen LogP contribution in [0.1, 0.15) is 41.6 Å². The van der Waals surface area contributed by atoms with E-state index in [0.717, 1.165) is 0 Å². The molecule has 0 aliphatic rings. The molecule has 108 valence electrons. The van der Waals surface area contributed by atoms with Crippen molar-refractivity contribution in [1.82, 2.24) is 10.0 Å². The third kappa shape index (κ3) is 2.22. The molecule has 2 heterocycles. The number of ether oxygens (including phenoxy) is 1. The number of furan rings is 1. The second-order valence-corrected chi connectivity index (χ2v) is 5.37. The number of nitrogens with zero attached hydrogens (tertiary/aromatic N) is 1. The first-order valence-corrected chi connectivity index (χ1v) is 5.98. The number of hydrogen-bond donors (Lipinski definition) is 2. The molecule has 0 radical (unpaired) electrons. The molecule has 1 amide bonds. The lowest BCUT2D eigenvalue weighted by Crippen LogP contribution is -2.41. The zero-order valence-electron chi connectivity index (χ0n) is 11.7. The Morgan fingerprint density at radius 3 is 2.60 bits per heavy atom. The normalized spacial score (nSPS) is 11.6. The van der Waals surface area contributed by atoms with E-state index in [4.69, 9.17) is 4.42 Å². The van der Waals surface area contributed by atoms with Gasteiger partial charge in [0.2, 0.25) is 0 Å². The average Bonchev–Trinajstić information content (AvgIpc) is 2.88. The SMILES string of the molecule is COC(=O)c1c(C(=O)NC(C)(C)C)c2occc2n1O. The van der Waals surface area contributed by atoms with E-state index in [0.29, 0.717) is 4.73 Å². The monoisotopic (exact) mass is 280 g/mol.